The highest BCUT2D eigenvalue weighted by Crippen LogP contribution is 2.40. The zero-order valence-corrected chi connectivity index (χ0v) is 19.3. The number of aliphatic hydroxyl groups excluding tert-OH is 1. The maximum absolute atomic E-state index is 13.2. The summed E-state index contributed by atoms with van der Waals surface area (Å²) in [7, 11) is 1.59. The van der Waals surface area contributed by atoms with Gasteiger partial charge in [0.25, 0.3) is 11.7 Å². The third kappa shape index (κ3) is 4.33. The first-order chi connectivity index (χ1) is 16.0. The van der Waals surface area contributed by atoms with Crippen LogP contribution in [-0.2, 0) is 16.0 Å². The molecule has 1 fully saturated rings. The van der Waals surface area contributed by atoms with Crippen LogP contribution < -0.4 is 9.47 Å². The molecule has 0 saturated carbocycles. The number of ketones is 1. The lowest BCUT2D eigenvalue weighted by molar-refractivity contribution is -0.140. The van der Waals surface area contributed by atoms with Gasteiger partial charge in [0, 0.05) is 25.1 Å². The molecule has 2 aliphatic heterocycles. The topological polar surface area (TPSA) is 79.3 Å². The number of likely N-dealkylation sites (N-methyl/N-ethyl adjacent to an activating group) is 1. The average Bonchev–Trinajstić information content (AvgIpc) is 3.41. The fraction of sp³-hybridized carbons (Fsp3) is 0.385. The number of likely N-dealkylation sites (tertiary alicyclic amines) is 1. The summed E-state index contributed by atoms with van der Waals surface area (Å²) in [5.74, 6) is 0.0585. The zero-order valence-electron chi connectivity index (χ0n) is 19.3. The first-order valence-corrected chi connectivity index (χ1v) is 11.4. The summed E-state index contributed by atoms with van der Waals surface area (Å²) in [6, 6.07) is 12.0. The van der Waals surface area contributed by atoms with Crippen LogP contribution in [0, 0.1) is 0 Å². The van der Waals surface area contributed by atoms with Crippen LogP contribution in [0.2, 0.25) is 0 Å². The van der Waals surface area contributed by atoms with Crippen molar-refractivity contribution in [1.29, 1.82) is 0 Å². The predicted octanol–water partition coefficient (Wildman–Crippen LogP) is 3.39. The molecule has 2 heterocycles. The normalized spacial score (nSPS) is 19.2. The zero-order chi connectivity index (χ0) is 23.5. The van der Waals surface area contributed by atoms with Crippen molar-refractivity contribution < 1.29 is 24.2 Å². The minimum atomic E-state index is -0.670. The smallest absolute Gasteiger partial charge is 0.295 e. The molecule has 2 aliphatic rings. The lowest BCUT2D eigenvalue weighted by Gasteiger charge is -2.28. The number of hydrogen-bond donors (Lipinski definition) is 1. The van der Waals surface area contributed by atoms with E-state index in [2.05, 4.69) is 18.7 Å². The van der Waals surface area contributed by atoms with Gasteiger partial charge in [0.15, 0.2) is 0 Å². The van der Waals surface area contributed by atoms with Crippen LogP contribution in [0.1, 0.15) is 36.6 Å². The molecule has 4 rings (SSSR count). The molecule has 0 spiro atoms. The molecule has 0 radical (unpaired) electrons. The van der Waals surface area contributed by atoms with Crippen molar-refractivity contribution in [3.05, 3.63) is 64.7 Å². The van der Waals surface area contributed by atoms with Crippen LogP contribution in [-0.4, -0.2) is 66.5 Å². The van der Waals surface area contributed by atoms with Gasteiger partial charge in [-0.05, 0) is 54.5 Å². The van der Waals surface area contributed by atoms with Crippen LogP contribution >= 0.6 is 0 Å². The van der Waals surface area contributed by atoms with E-state index in [9.17, 15) is 14.7 Å². The van der Waals surface area contributed by atoms with Gasteiger partial charge in [0.2, 0.25) is 0 Å². The van der Waals surface area contributed by atoms with Crippen molar-refractivity contribution in [2.45, 2.75) is 26.3 Å². The van der Waals surface area contributed by atoms with Gasteiger partial charge in [0.05, 0.1) is 25.3 Å². The minimum Gasteiger partial charge on any atom is -0.507 e. The molecule has 1 saturated heterocycles. The van der Waals surface area contributed by atoms with E-state index in [0.29, 0.717) is 31.0 Å². The van der Waals surface area contributed by atoms with Crippen molar-refractivity contribution in [2.24, 2.45) is 0 Å². The number of aliphatic hydroxyl groups is 1. The number of fused-ring (bicyclic) bond motifs is 1. The number of amides is 1. The van der Waals surface area contributed by atoms with E-state index in [1.54, 1.807) is 36.3 Å². The molecular formula is C26H30N2O5. The van der Waals surface area contributed by atoms with Crippen LogP contribution in [0.5, 0.6) is 11.5 Å². The molecule has 7 heteroatoms. The van der Waals surface area contributed by atoms with Crippen molar-refractivity contribution in [1.82, 2.24) is 9.80 Å². The third-order valence-corrected chi connectivity index (χ3v) is 6.49. The number of carbonyl (C=O) groups is 2. The van der Waals surface area contributed by atoms with Gasteiger partial charge in [-0.2, -0.15) is 0 Å². The third-order valence-electron chi connectivity index (χ3n) is 6.49. The number of rotatable bonds is 8. The van der Waals surface area contributed by atoms with Crippen molar-refractivity contribution in [2.75, 3.05) is 39.9 Å². The van der Waals surface area contributed by atoms with Gasteiger partial charge in [-0.15, -0.1) is 0 Å². The van der Waals surface area contributed by atoms with Gasteiger partial charge in [-0.1, -0.05) is 26.0 Å². The van der Waals surface area contributed by atoms with Crippen molar-refractivity contribution in [3.8, 4) is 11.5 Å². The molecule has 7 nitrogen and oxygen atoms in total. The van der Waals surface area contributed by atoms with E-state index < -0.39 is 17.7 Å². The fourth-order valence-corrected chi connectivity index (χ4v) is 4.52. The summed E-state index contributed by atoms with van der Waals surface area (Å²) in [6.45, 7) is 7.46. The quantitative estimate of drug-likeness (QED) is 0.377. The van der Waals surface area contributed by atoms with Crippen LogP contribution in [0.3, 0.4) is 0 Å². The van der Waals surface area contributed by atoms with E-state index >= 15 is 0 Å². The first-order valence-electron chi connectivity index (χ1n) is 11.4. The predicted molar refractivity (Wildman–Crippen MR) is 125 cm³/mol. The monoisotopic (exact) mass is 450 g/mol. The number of nitrogens with zero attached hydrogens (tertiary/aromatic N) is 2. The Morgan fingerprint density at radius 1 is 1.15 bits per heavy atom. The molecule has 0 aliphatic carbocycles. The summed E-state index contributed by atoms with van der Waals surface area (Å²) >= 11 is 0. The SMILES string of the molecule is CCN(CC)CCN1C(=O)C(=O)/C(=C(\O)c2ccc3c(c2)CCO3)C1c1ccc(OC)cc1. The Morgan fingerprint density at radius 3 is 2.55 bits per heavy atom. The number of Topliss-reactive ketones (excluding diaryl/α,β-unsaturated/α-hetero) is 1. The van der Waals surface area contributed by atoms with Crippen LogP contribution in [0.15, 0.2) is 48.0 Å². The molecule has 33 heavy (non-hydrogen) atoms. The van der Waals surface area contributed by atoms with E-state index in [1.807, 2.05) is 18.2 Å². The number of carbonyl (C=O) groups excluding carboxylic acids is 2. The van der Waals surface area contributed by atoms with Crippen molar-refractivity contribution >= 4 is 17.4 Å². The average molecular weight is 451 g/mol. The van der Waals surface area contributed by atoms with Gasteiger partial charge in [-0.3, -0.25) is 9.59 Å². The Labute approximate surface area is 194 Å². The summed E-state index contributed by atoms with van der Waals surface area (Å²) in [5, 5.41) is 11.3. The van der Waals surface area contributed by atoms with Crippen LogP contribution in [0.4, 0.5) is 0 Å². The summed E-state index contributed by atoms with van der Waals surface area (Å²) < 4.78 is 10.8. The Morgan fingerprint density at radius 2 is 1.88 bits per heavy atom. The van der Waals surface area contributed by atoms with E-state index in [4.69, 9.17) is 9.47 Å². The highest BCUT2D eigenvalue weighted by atomic mass is 16.5. The van der Waals surface area contributed by atoms with Gasteiger partial charge >= 0.3 is 0 Å². The molecule has 0 aromatic heterocycles. The second-order valence-electron chi connectivity index (χ2n) is 8.21. The Kier molecular flexibility index (Phi) is 6.70. The van der Waals surface area contributed by atoms with E-state index in [-0.39, 0.29) is 11.3 Å². The highest BCUT2D eigenvalue weighted by molar-refractivity contribution is 6.46. The molecule has 0 bridgehead atoms. The van der Waals surface area contributed by atoms with Gasteiger partial charge < -0.3 is 24.4 Å². The minimum absolute atomic E-state index is 0.114. The number of hydrogen-bond acceptors (Lipinski definition) is 6. The van der Waals surface area contributed by atoms with E-state index in [0.717, 1.165) is 36.4 Å². The van der Waals surface area contributed by atoms with Gasteiger partial charge in [-0.25, -0.2) is 0 Å². The lowest BCUT2D eigenvalue weighted by atomic mass is 9.94. The molecule has 2 aromatic carbocycles. The second-order valence-corrected chi connectivity index (χ2v) is 8.21. The molecule has 1 amide bonds. The molecule has 174 valence electrons. The number of methoxy groups -OCH3 is 1. The van der Waals surface area contributed by atoms with E-state index in [1.165, 1.54) is 0 Å². The van der Waals surface area contributed by atoms with Crippen molar-refractivity contribution in [3.63, 3.8) is 0 Å². The largest absolute Gasteiger partial charge is 0.507 e. The summed E-state index contributed by atoms with van der Waals surface area (Å²) in [4.78, 5) is 30.1. The lowest BCUT2D eigenvalue weighted by Crippen LogP contribution is -2.38. The molecule has 1 unspecified atom stereocenters. The maximum Gasteiger partial charge on any atom is 0.295 e. The summed E-state index contributed by atoms with van der Waals surface area (Å²) in [5.41, 5.74) is 2.36. The fourth-order valence-electron chi connectivity index (χ4n) is 4.52. The Bertz CT molecular complexity index is 1070. The maximum atomic E-state index is 13.2. The highest BCUT2D eigenvalue weighted by Gasteiger charge is 2.46. The summed E-state index contributed by atoms with van der Waals surface area (Å²) in [6.07, 6.45) is 0.747. The first kappa shape index (κ1) is 22.9. The number of benzene rings is 2. The Hall–Kier alpha value is -3.32. The molecule has 1 atom stereocenters. The van der Waals surface area contributed by atoms with Crippen LogP contribution in [0.25, 0.3) is 5.76 Å². The molecule has 2 aromatic rings. The molecular weight excluding hydrogens is 420 g/mol. The van der Waals surface area contributed by atoms with Gasteiger partial charge in [0.1, 0.15) is 17.3 Å². The standard InChI is InChI=1S/C26H30N2O5/c1-4-27(5-2)13-14-28-23(17-6-9-20(32-3)10-7-17)22(25(30)26(28)31)24(29)19-8-11-21-18(16-19)12-15-33-21/h6-11,16,23,29H,4-5,12-15H2,1-3H3/b24-22-. The number of ether oxygens (including phenoxy) is 2. The Balaban J connectivity index is 1.78. The second kappa shape index (κ2) is 9.67. The molecule has 1 N–H and O–H groups in total.